The summed E-state index contributed by atoms with van der Waals surface area (Å²) >= 11 is 3.37. The maximum atomic E-state index is 13.9. The molecule has 1 unspecified atom stereocenters. The molecule has 1 aromatic carbocycles. The fourth-order valence-corrected chi connectivity index (χ4v) is 2.40. The van der Waals surface area contributed by atoms with E-state index in [9.17, 15) is 4.39 Å². The van der Waals surface area contributed by atoms with Gasteiger partial charge in [-0.25, -0.2) is 4.39 Å². The molecule has 1 aromatic rings. The lowest BCUT2D eigenvalue weighted by atomic mass is 9.97. The number of hydrogen-bond donors (Lipinski definition) is 1. The van der Waals surface area contributed by atoms with Crippen LogP contribution in [0.3, 0.4) is 0 Å². The van der Waals surface area contributed by atoms with Crippen LogP contribution in [0.15, 0.2) is 16.6 Å². The van der Waals surface area contributed by atoms with Crippen LogP contribution in [0.25, 0.3) is 0 Å². The maximum Gasteiger partial charge on any atom is 0.168 e. The van der Waals surface area contributed by atoms with Crippen molar-refractivity contribution in [3.8, 4) is 5.75 Å². The molecule has 4 heteroatoms. The Labute approximate surface area is 96.9 Å². The molecule has 1 atom stereocenters. The molecule has 1 saturated heterocycles. The van der Waals surface area contributed by atoms with Crippen LogP contribution in [0, 0.1) is 5.82 Å². The Morgan fingerprint density at radius 3 is 2.93 bits per heavy atom. The predicted octanol–water partition coefficient (Wildman–Crippen LogP) is 2.67. The lowest BCUT2D eigenvalue weighted by Gasteiger charge is -2.13. The molecule has 15 heavy (non-hydrogen) atoms. The van der Waals surface area contributed by atoms with Crippen molar-refractivity contribution in [3.63, 3.8) is 0 Å². The van der Waals surface area contributed by atoms with Crippen LogP contribution in [0.2, 0.25) is 0 Å². The molecule has 82 valence electrons. The predicted molar refractivity (Wildman–Crippen MR) is 60.9 cm³/mol. The summed E-state index contributed by atoms with van der Waals surface area (Å²) in [7, 11) is 1.49. The van der Waals surface area contributed by atoms with E-state index in [-0.39, 0.29) is 11.7 Å². The first-order chi connectivity index (χ1) is 7.22. The van der Waals surface area contributed by atoms with Gasteiger partial charge < -0.3 is 10.1 Å². The van der Waals surface area contributed by atoms with E-state index in [0.717, 1.165) is 29.5 Å². The zero-order chi connectivity index (χ0) is 10.8. The summed E-state index contributed by atoms with van der Waals surface area (Å²) in [4.78, 5) is 0. The van der Waals surface area contributed by atoms with Crippen LogP contribution in [-0.2, 0) is 0 Å². The monoisotopic (exact) mass is 273 g/mol. The molecule has 1 aliphatic heterocycles. The van der Waals surface area contributed by atoms with E-state index >= 15 is 0 Å². The summed E-state index contributed by atoms with van der Waals surface area (Å²) in [5, 5.41) is 3.23. The van der Waals surface area contributed by atoms with Gasteiger partial charge in [-0.3, -0.25) is 0 Å². The molecular formula is C11H13BrFNO. The third kappa shape index (κ3) is 2.16. The van der Waals surface area contributed by atoms with Crippen molar-refractivity contribution < 1.29 is 9.13 Å². The van der Waals surface area contributed by atoms with E-state index in [1.165, 1.54) is 7.11 Å². The first-order valence-corrected chi connectivity index (χ1v) is 5.75. The van der Waals surface area contributed by atoms with Crippen LogP contribution in [0.4, 0.5) is 4.39 Å². The molecule has 1 heterocycles. The standard InChI is InChI=1S/C11H13BrFNO/c1-15-10-5-8(12)4-9(11(10)13)7-2-3-14-6-7/h4-5,7,14H,2-3,6H2,1H3. The minimum absolute atomic E-state index is 0.227. The van der Waals surface area contributed by atoms with E-state index in [4.69, 9.17) is 4.74 Å². The number of methoxy groups -OCH3 is 1. The van der Waals surface area contributed by atoms with E-state index in [1.807, 2.05) is 6.07 Å². The molecule has 2 rings (SSSR count). The number of rotatable bonds is 2. The van der Waals surface area contributed by atoms with E-state index in [0.29, 0.717) is 5.75 Å². The van der Waals surface area contributed by atoms with Gasteiger partial charge in [0.25, 0.3) is 0 Å². The minimum atomic E-state index is -0.227. The normalized spacial score (nSPS) is 20.6. The SMILES string of the molecule is COc1cc(Br)cc(C2CCNC2)c1F. The first kappa shape index (κ1) is 10.9. The van der Waals surface area contributed by atoms with Gasteiger partial charge in [-0.2, -0.15) is 0 Å². The van der Waals surface area contributed by atoms with Gasteiger partial charge in [0.1, 0.15) is 0 Å². The highest BCUT2D eigenvalue weighted by Gasteiger charge is 2.22. The molecule has 0 saturated carbocycles. The van der Waals surface area contributed by atoms with E-state index < -0.39 is 0 Å². The van der Waals surface area contributed by atoms with Gasteiger partial charge in [0, 0.05) is 16.9 Å². The second-order valence-corrected chi connectivity index (χ2v) is 4.62. The Kier molecular flexibility index (Phi) is 3.26. The number of hydrogen-bond acceptors (Lipinski definition) is 2. The van der Waals surface area contributed by atoms with Crippen molar-refractivity contribution in [1.82, 2.24) is 5.32 Å². The highest BCUT2D eigenvalue weighted by Crippen LogP contribution is 2.33. The summed E-state index contributed by atoms with van der Waals surface area (Å²) in [5.74, 6) is 0.345. The quantitative estimate of drug-likeness (QED) is 0.895. The first-order valence-electron chi connectivity index (χ1n) is 4.96. The zero-order valence-electron chi connectivity index (χ0n) is 8.52. The van der Waals surface area contributed by atoms with Crippen molar-refractivity contribution in [2.75, 3.05) is 20.2 Å². The number of ether oxygens (including phenoxy) is 1. The molecule has 0 radical (unpaired) electrons. The van der Waals surface area contributed by atoms with Crippen molar-refractivity contribution >= 4 is 15.9 Å². The van der Waals surface area contributed by atoms with Crippen LogP contribution >= 0.6 is 15.9 Å². The summed E-state index contributed by atoms with van der Waals surface area (Å²) < 4.78 is 19.8. The van der Waals surface area contributed by atoms with Crippen molar-refractivity contribution in [2.24, 2.45) is 0 Å². The fourth-order valence-electron chi connectivity index (χ4n) is 1.95. The van der Waals surface area contributed by atoms with Gasteiger partial charge in [-0.15, -0.1) is 0 Å². The van der Waals surface area contributed by atoms with Crippen molar-refractivity contribution in [3.05, 3.63) is 28.0 Å². The minimum Gasteiger partial charge on any atom is -0.494 e. The second-order valence-electron chi connectivity index (χ2n) is 3.70. The van der Waals surface area contributed by atoms with Gasteiger partial charge in [-0.1, -0.05) is 15.9 Å². The number of nitrogens with one attached hydrogen (secondary N) is 1. The molecule has 0 aliphatic carbocycles. The molecule has 2 nitrogen and oxygen atoms in total. The molecule has 0 aromatic heterocycles. The molecule has 1 aliphatic rings. The third-order valence-electron chi connectivity index (χ3n) is 2.75. The number of benzene rings is 1. The molecule has 1 fully saturated rings. The Bertz CT molecular complexity index is 364. The topological polar surface area (TPSA) is 21.3 Å². The smallest absolute Gasteiger partial charge is 0.168 e. The Hall–Kier alpha value is -0.610. The average molecular weight is 274 g/mol. The summed E-state index contributed by atoms with van der Waals surface area (Å²) in [6, 6.07) is 3.50. The summed E-state index contributed by atoms with van der Waals surface area (Å²) in [6.07, 6.45) is 0.983. The summed E-state index contributed by atoms with van der Waals surface area (Å²) in [5.41, 5.74) is 0.742. The van der Waals surface area contributed by atoms with Crippen LogP contribution in [0.1, 0.15) is 17.9 Å². The lowest BCUT2D eigenvalue weighted by Crippen LogP contribution is -2.09. The molecule has 0 bridgehead atoms. The van der Waals surface area contributed by atoms with E-state index in [1.54, 1.807) is 6.07 Å². The van der Waals surface area contributed by atoms with Crippen LogP contribution in [-0.4, -0.2) is 20.2 Å². The molecule has 0 amide bonds. The number of halogens is 2. The van der Waals surface area contributed by atoms with Gasteiger partial charge in [0.15, 0.2) is 11.6 Å². The lowest BCUT2D eigenvalue weighted by molar-refractivity contribution is 0.382. The molecular weight excluding hydrogens is 261 g/mol. The van der Waals surface area contributed by atoms with Gasteiger partial charge >= 0.3 is 0 Å². The Morgan fingerprint density at radius 2 is 2.33 bits per heavy atom. The van der Waals surface area contributed by atoms with Gasteiger partial charge in [-0.05, 0) is 30.7 Å². The zero-order valence-corrected chi connectivity index (χ0v) is 10.1. The van der Waals surface area contributed by atoms with Crippen LogP contribution < -0.4 is 10.1 Å². The third-order valence-corrected chi connectivity index (χ3v) is 3.21. The van der Waals surface area contributed by atoms with Crippen LogP contribution in [0.5, 0.6) is 5.75 Å². The summed E-state index contributed by atoms with van der Waals surface area (Å²) in [6.45, 7) is 1.80. The Morgan fingerprint density at radius 1 is 1.53 bits per heavy atom. The molecule has 1 N–H and O–H groups in total. The second kappa shape index (κ2) is 4.49. The van der Waals surface area contributed by atoms with Gasteiger partial charge in [0.2, 0.25) is 0 Å². The highest BCUT2D eigenvalue weighted by molar-refractivity contribution is 9.10. The fraction of sp³-hybridized carbons (Fsp3) is 0.455. The van der Waals surface area contributed by atoms with E-state index in [2.05, 4.69) is 21.2 Å². The van der Waals surface area contributed by atoms with Crippen molar-refractivity contribution in [1.29, 1.82) is 0 Å². The molecule has 0 spiro atoms. The van der Waals surface area contributed by atoms with Crippen molar-refractivity contribution in [2.45, 2.75) is 12.3 Å². The highest BCUT2D eigenvalue weighted by atomic mass is 79.9. The maximum absolute atomic E-state index is 13.9. The van der Waals surface area contributed by atoms with Gasteiger partial charge in [0.05, 0.1) is 7.11 Å². The Balaban J connectivity index is 2.40. The largest absolute Gasteiger partial charge is 0.494 e. The average Bonchev–Trinajstić information content (AvgIpc) is 2.74.